The Hall–Kier alpha value is -1.60. The summed E-state index contributed by atoms with van der Waals surface area (Å²) < 4.78 is 5.85. The molecule has 1 aliphatic heterocycles. The topological polar surface area (TPSA) is 75.1 Å². The largest absolute Gasteiger partial charge is 0.415 e. The number of hydrogen-bond acceptors (Lipinski definition) is 5. The average Bonchev–Trinajstić information content (AvgIpc) is 3.02. The summed E-state index contributed by atoms with van der Waals surface area (Å²) in [4.78, 5) is 4.45. The van der Waals surface area contributed by atoms with Gasteiger partial charge in [0.15, 0.2) is 0 Å². The molecule has 5 nitrogen and oxygen atoms in total. The molecule has 0 amide bonds. The normalized spacial score (nSPS) is 17.9. The second-order valence-electron chi connectivity index (χ2n) is 5.88. The SMILES string of the molecule is CCC1=CC(=N)C(c2nnc(-c3ccc(CBr)cc3C)o2)=NC(Br)C1. The highest BCUT2D eigenvalue weighted by Gasteiger charge is 2.22. The Morgan fingerprint density at radius 3 is 2.72 bits per heavy atom. The molecule has 1 aromatic heterocycles. The van der Waals surface area contributed by atoms with Crippen molar-refractivity contribution in [2.45, 2.75) is 37.0 Å². The third-order valence-corrected chi connectivity index (χ3v) is 5.24. The van der Waals surface area contributed by atoms with Crippen molar-refractivity contribution in [3.63, 3.8) is 0 Å². The Morgan fingerprint density at radius 2 is 2.04 bits per heavy atom. The van der Waals surface area contributed by atoms with Gasteiger partial charge in [-0.2, -0.15) is 0 Å². The van der Waals surface area contributed by atoms with E-state index in [0.29, 0.717) is 17.3 Å². The van der Waals surface area contributed by atoms with Crippen LogP contribution in [0.5, 0.6) is 0 Å². The minimum absolute atomic E-state index is 0.0909. The monoisotopic (exact) mass is 464 g/mol. The predicted molar refractivity (Wildman–Crippen MR) is 107 cm³/mol. The van der Waals surface area contributed by atoms with E-state index in [4.69, 9.17) is 9.83 Å². The highest BCUT2D eigenvalue weighted by molar-refractivity contribution is 9.09. The molecule has 130 valence electrons. The molecule has 1 unspecified atom stereocenters. The number of aryl methyl sites for hydroxylation is 1. The smallest absolute Gasteiger partial charge is 0.268 e. The lowest BCUT2D eigenvalue weighted by molar-refractivity contribution is 0.558. The lowest BCUT2D eigenvalue weighted by Crippen LogP contribution is -2.13. The van der Waals surface area contributed by atoms with Crippen LogP contribution in [-0.2, 0) is 5.33 Å². The highest BCUT2D eigenvalue weighted by atomic mass is 79.9. The van der Waals surface area contributed by atoms with Crippen LogP contribution in [0, 0.1) is 12.3 Å². The summed E-state index contributed by atoms with van der Waals surface area (Å²) in [6.07, 6.45) is 3.51. The van der Waals surface area contributed by atoms with E-state index in [2.05, 4.69) is 60.0 Å². The average molecular weight is 466 g/mol. The molecule has 0 aliphatic carbocycles. The standard InChI is InChI=1S/C18H18Br2N4O/c1-3-11-7-14(21)16(22-15(20)8-11)18-24-23-17(25-18)13-5-4-12(9-19)6-10(13)2/h4-7,15,21H,3,8-9H2,1-2H3. The third-order valence-electron chi connectivity index (χ3n) is 4.06. The number of halogens is 2. The van der Waals surface area contributed by atoms with Crippen molar-refractivity contribution in [3.8, 4) is 11.5 Å². The molecule has 25 heavy (non-hydrogen) atoms. The first-order valence-electron chi connectivity index (χ1n) is 8.01. The lowest BCUT2D eigenvalue weighted by Gasteiger charge is -2.04. The van der Waals surface area contributed by atoms with Crippen molar-refractivity contribution in [1.82, 2.24) is 10.2 Å². The zero-order chi connectivity index (χ0) is 18.0. The number of allylic oxidation sites excluding steroid dienone is 1. The maximum Gasteiger partial charge on any atom is 0.268 e. The molecule has 7 heteroatoms. The van der Waals surface area contributed by atoms with Gasteiger partial charge >= 0.3 is 0 Å². The molecule has 2 aromatic rings. The first-order valence-corrected chi connectivity index (χ1v) is 10.1. The highest BCUT2D eigenvalue weighted by Crippen LogP contribution is 2.26. The summed E-state index contributed by atoms with van der Waals surface area (Å²) in [6, 6.07) is 6.09. The quantitative estimate of drug-likeness (QED) is 0.497. The fourth-order valence-corrected chi connectivity index (χ4v) is 3.67. The van der Waals surface area contributed by atoms with Crippen LogP contribution in [0.25, 0.3) is 11.5 Å². The minimum Gasteiger partial charge on any atom is -0.415 e. The van der Waals surface area contributed by atoms with Crippen LogP contribution in [0.1, 0.15) is 36.8 Å². The molecule has 0 bridgehead atoms. The number of alkyl halides is 2. The fraction of sp³-hybridized carbons (Fsp3) is 0.333. The fourth-order valence-electron chi connectivity index (χ4n) is 2.70. The second-order valence-corrected chi connectivity index (χ2v) is 7.50. The summed E-state index contributed by atoms with van der Waals surface area (Å²) in [5.41, 5.74) is 5.06. The zero-order valence-corrected chi connectivity index (χ0v) is 17.2. The Morgan fingerprint density at radius 1 is 1.28 bits per heavy atom. The van der Waals surface area contributed by atoms with Gasteiger partial charge in [-0.25, -0.2) is 0 Å². The third kappa shape index (κ3) is 3.98. The van der Waals surface area contributed by atoms with Gasteiger partial charge < -0.3 is 4.42 Å². The van der Waals surface area contributed by atoms with Crippen LogP contribution in [0.3, 0.4) is 0 Å². The number of nitrogens with one attached hydrogen (secondary N) is 1. The summed E-state index contributed by atoms with van der Waals surface area (Å²) >= 11 is 7.00. The van der Waals surface area contributed by atoms with E-state index in [1.807, 2.05) is 25.1 Å². The van der Waals surface area contributed by atoms with Gasteiger partial charge in [0.2, 0.25) is 5.89 Å². The molecule has 0 saturated carbocycles. The molecule has 0 radical (unpaired) electrons. The molecule has 0 fully saturated rings. The van der Waals surface area contributed by atoms with Crippen LogP contribution in [0.15, 0.2) is 39.3 Å². The molecular formula is C18H18Br2N4O. The van der Waals surface area contributed by atoms with Crippen LogP contribution < -0.4 is 0 Å². The van der Waals surface area contributed by atoms with E-state index in [0.717, 1.165) is 29.3 Å². The van der Waals surface area contributed by atoms with E-state index in [1.165, 1.54) is 11.1 Å². The Labute approximate surface area is 163 Å². The minimum atomic E-state index is -0.0909. The van der Waals surface area contributed by atoms with Crippen LogP contribution in [0.2, 0.25) is 0 Å². The van der Waals surface area contributed by atoms with Gasteiger partial charge in [0.05, 0.1) is 5.71 Å². The Balaban J connectivity index is 1.96. The van der Waals surface area contributed by atoms with E-state index >= 15 is 0 Å². The molecule has 1 aliphatic rings. The van der Waals surface area contributed by atoms with Crippen molar-refractivity contribution in [3.05, 3.63) is 46.9 Å². The van der Waals surface area contributed by atoms with E-state index in [9.17, 15) is 0 Å². The number of aromatic nitrogens is 2. The number of rotatable bonds is 4. The molecule has 1 N–H and O–H groups in total. The first kappa shape index (κ1) is 18.2. The lowest BCUT2D eigenvalue weighted by atomic mass is 10.1. The summed E-state index contributed by atoms with van der Waals surface area (Å²) in [5.74, 6) is 0.723. The van der Waals surface area contributed by atoms with Gasteiger partial charge in [-0.15, -0.1) is 10.2 Å². The van der Waals surface area contributed by atoms with Gasteiger partial charge in [0.1, 0.15) is 10.7 Å². The molecule has 2 heterocycles. The molecule has 0 spiro atoms. The van der Waals surface area contributed by atoms with Gasteiger partial charge in [-0.3, -0.25) is 10.4 Å². The Bertz CT molecular complexity index is 870. The molecule has 0 saturated heterocycles. The van der Waals surface area contributed by atoms with Gasteiger partial charge in [-0.1, -0.05) is 56.5 Å². The van der Waals surface area contributed by atoms with Crippen molar-refractivity contribution < 1.29 is 4.42 Å². The van der Waals surface area contributed by atoms with Crippen molar-refractivity contribution in [1.29, 1.82) is 5.41 Å². The van der Waals surface area contributed by atoms with E-state index < -0.39 is 0 Å². The number of benzene rings is 1. The van der Waals surface area contributed by atoms with E-state index in [-0.39, 0.29) is 10.8 Å². The van der Waals surface area contributed by atoms with Crippen LogP contribution >= 0.6 is 31.9 Å². The maximum atomic E-state index is 8.30. The molecule has 1 atom stereocenters. The number of aliphatic imine (C=N–C) groups is 1. The van der Waals surface area contributed by atoms with Crippen LogP contribution in [0.4, 0.5) is 0 Å². The predicted octanol–water partition coefficient (Wildman–Crippen LogP) is 5.21. The second kappa shape index (κ2) is 7.74. The summed E-state index contributed by atoms with van der Waals surface area (Å²) in [5, 5.41) is 17.4. The summed E-state index contributed by atoms with van der Waals surface area (Å²) in [6.45, 7) is 4.09. The maximum absolute atomic E-state index is 8.30. The van der Waals surface area contributed by atoms with Gasteiger partial charge in [-0.05, 0) is 36.6 Å². The molecular weight excluding hydrogens is 448 g/mol. The molecule has 3 rings (SSSR count). The number of hydrogen-bond donors (Lipinski definition) is 1. The van der Waals surface area contributed by atoms with Crippen molar-refractivity contribution in [2.75, 3.05) is 0 Å². The van der Waals surface area contributed by atoms with E-state index in [1.54, 1.807) is 0 Å². The molecule has 1 aromatic carbocycles. The first-order chi connectivity index (χ1) is 12.0. The van der Waals surface area contributed by atoms with Crippen molar-refractivity contribution in [2.24, 2.45) is 4.99 Å². The number of nitrogens with zero attached hydrogens (tertiary/aromatic N) is 3. The zero-order valence-electron chi connectivity index (χ0n) is 14.0. The van der Waals surface area contributed by atoms with Gasteiger partial charge in [0.25, 0.3) is 5.89 Å². The summed E-state index contributed by atoms with van der Waals surface area (Å²) in [7, 11) is 0. The van der Waals surface area contributed by atoms with Gasteiger partial charge in [0, 0.05) is 17.3 Å². The van der Waals surface area contributed by atoms with Crippen molar-refractivity contribution >= 4 is 43.3 Å². The Kier molecular flexibility index (Phi) is 5.64. The van der Waals surface area contributed by atoms with Crippen LogP contribution in [-0.4, -0.2) is 26.6 Å².